The SMILES string of the molecule is CC1=CC(C)(C(=O)Nc2ccc(C(=O)N3CCc4cccn4-c4ccccc43)cc2Cl)CC=C1. The number of rotatable bonds is 3. The summed E-state index contributed by atoms with van der Waals surface area (Å²) in [6.07, 6.45) is 9.39. The zero-order valence-corrected chi connectivity index (χ0v) is 20.0. The first kappa shape index (κ1) is 22.2. The summed E-state index contributed by atoms with van der Waals surface area (Å²) in [7, 11) is 0. The van der Waals surface area contributed by atoms with E-state index < -0.39 is 5.41 Å². The van der Waals surface area contributed by atoms with Gasteiger partial charge in [0.25, 0.3) is 5.91 Å². The van der Waals surface area contributed by atoms with Crippen molar-refractivity contribution < 1.29 is 9.59 Å². The Morgan fingerprint density at radius 3 is 2.62 bits per heavy atom. The molecule has 1 unspecified atom stereocenters. The molecule has 1 atom stereocenters. The van der Waals surface area contributed by atoms with Gasteiger partial charge in [-0.3, -0.25) is 9.59 Å². The average molecular weight is 472 g/mol. The molecule has 2 aromatic carbocycles. The number of fused-ring (bicyclic) bond motifs is 3. The lowest BCUT2D eigenvalue weighted by molar-refractivity contribution is -0.122. The monoisotopic (exact) mass is 471 g/mol. The molecule has 1 aliphatic heterocycles. The molecule has 34 heavy (non-hydrogen) atoms. The van der Waals surface area contributed by atoms with Crippen molar-refractivity contribution in [1.29, 1.82) is 0 Å². The van der Waals surface area contributed by atoms with Gasteiger partial charge in [-0.25, -0.2) is 0 Å². The van der Waals surface area contributed by atoms with Crippen molar-refractivity contribution in [1.82, 2.24) is 4.57 Å². The van der Waals surface area contributed by atoms with Crippen LogP contribution in [0.4, 0.5) is 11.4 Å². The zero-order chi connectivity index (χ0) is 23.9. The maximum absolute atomic E-state index is 13.6. The van der Waals surface area contributed by atoms with Gasteiger partial charge in [0.05, 0.1) is 27.5 Å². The molecule has 2 heterocycles. The molecule has 2 amide bonds. The molecule has 6 heteroatoms. The highest BCUT2D eigenvalue weighted by atomic mass is 35.5. The molecule has 2 aliphatic rings. The number of hydrogen-bond acceptors (Lipinski definition) is 2. The third-order valence-electron chi connectivity index (χ3n) is 6.55. The van der Waals surface area contributed by atoms with E-state index in [9.17, 15) is 9.59 Å². The lowest BCUT2D eigenvalue weighted by atomic mass is 9.81. The minimum Gasteiger partial charge on any atom is -0.324 e. The Labute approximate surface area is 204 Å². The number of anilines is 2. The van der Waals surface area contributed by atoms with E-state index in [-0.39, 0.29) is 11.8 Å². The minimum atomic E-state index is -0.636. The molecule has 0 saturated heterocycles. The molecule has 0 fully saturated rings. The second kappa shape index (κ2) is 8.65. The van der Waals surface area contributed by atoms with Crippen LogP contribution in [0.15, 0.2) is 84.6 Å². The summed E-state index contributed by atoms with van der Waals surface area (Å²) in [4.78, 5) is 28.3. The van der Waals surface area contributed by atoms with Crippen LogP contribution in [0.5, 0.6) is 0 Å². The van der Waals surface area contributed by atoms with Gasteiger partial charge in [-0.1, -0.05) is 47.5 Å². The third-order valence-corrected chi connectivity index (χ3v) is 6.87. The number of hydrogen-bond donors (Lipinski definition) is 1. The molecule has 5 rings (SSSR count). The Morgan fingerprint density at radius 1 is 1.06 bits per heavy atom. The molecule has 1 aromatic heterocycles. The predicted octanol–water partition coefficient (Wildman–Crippen LogP) is 6.18. The highest BCUT2D eigenvalue weighted by molar-refractivity contribution is 6.34. The lowest BCUT2D eigenvalue weighted by Crippen LogP contribution is -2.33. The van der Waals surface area contributed by atoms with Crippen LogP contribution in [0.25, 0.3) is 5.69 Å². The van der Waals surface area contributed by atoms with E-state index in [1.165, 1.54) is 0 Å². The molecule has 172 valence electrons. The Kier molecular flexibility index (Phi) is 5.66. The first-order chi connectivity index (χ1) is 16.4. The number of carbonyl (C=O) groups excluding carboxylic acids is 2. The van der Waals surface area contributed by atoms with Crippen LogP contribution >= 0.6 is 11.6 Å². The van der Waals surface area contributed by atoms with Gasteiger partial charge in [0.2, 0.25) is 5.91 Å². The molecule has 0 spiro atoms. The molecule has 3 aromatic rings. The highest BCUT2D eigenvalue weighted by Crippen LogP contribution is 2.34. The van der Waals surface area contributed by atoms with Crippen LogP contribution < -0.4 is 10.2 Å². The van der Waals surface area contributed by atoms with E-state index in [2.05, 4.69) is 16.0 Å². The van der Waals surface area contributed by atoms with E-state index in [1.54, 1.807) is 23.1 Å². The normalized spacial score (nSPS) is 19.0. The van der Waals surface area contributed by atoms with Crippen molar-refractivity contribution in [2.75, 3.05) is 16.8 Å². The Balaban J connectivity index is 1.40. The van der Waals surface area contributed by atoms with Crippen LogP contribution in [0, 0.1) is 5.41 Å². The number of nitrogens with one attached hydrogen (secondary N) is 1. The van der Waals surface area contributed by atoms with Crippen molar-refractivity contribution in [3.05, 3.63) is 101 Å². The number of allylic oxidation sites excluding steroid dienone is 3. The number of halogens is 1. The lowest BCUT2D eigenvalue weighted by Gasteiger charge is -2.27. The summed E-state index contributed by atoms with van der Waals surface area (Å²) >= 11 is 6.54. The second-order valence-corrected chi connectivity index (χ2v) is 9.53. The minimum absolute atomic E-state index is 0.124. The van der Waals surface area contributed by atoms with Gasteiger partial charge in [-0.2, -0.15) is 0 Å². The zero-order valence-electron chi connectivity index (χ0n) is 19.2. The summed E-state index contributed by atoms with van der Waals surface area (Å²) < 4.78 is 2.13. The van der Waals surface area contributed by atoms with Gasteiger partial charge in [-0.05, 0) is 62.7 Å². The fraction of sp³-hybridized carbons (Fsp3) is 0.214. The van der Waals surface area contributed by atoms with Crippen molar-refractivity contribution in [3.8, 4) is 5.69 Å². The van der Waals surface area contributed by atoms with E-state index in [1.807, 2.05) is 68.6 Å². The van der Waals surface area contributed by atoms with E-state index in [4.69, 9.17) is 11.6 Å². The number of aromatic nitrogens is 1. The van der Waals surface area contributed by atoms with Gasteiger partial charge in [-0.15, -0.1) is 0 Å². The van der Waals surface area contributed by atoms with Gasteiger partial charge in [0.1, 0.15) is 0 Å². The number of benzene rings is 2. The van der Waals surface area contributed by atoms with Crippen LogP contribution in [-0.2, 0) is 11.2 Å². The Hall–Kier alpha value is -3.57. The number of nitrogens with zero attached hydrogens (tertiary/aromatic N) is 2. The highest BCUT2D eigenvalue weighted by Gasteiger charge is 2.32. The van der Waals surface area contributed by atoms with Crippen LogP contribution in [0.1, 0.15) is 36.3 Å². The number of para-hydroxylation sites is 2. The van der Waals surface area contributed by atoms with Gasteiger partial charge in [0, 0.05) is 30.4 Å². The average Bonchev–Trinajstić information content (AvgIpc) is 3.23. The van der Waals surface area contributed by atoms with Crippen molar-refractivity contribution in [3.63, 3.8) is 0 Å². The van der Waals surface area contributed by atoms with Gasteiger partial charge >= 0.3 is 0 Å². The maximum Gasteiger partial charge on any atom is 0.258 e. The van der Waals surface area contributed by atoms with Gasteiger partial charge in [0.15, 0.2) is 0 Å². The molecule has 0 radical (unpaired) electrons. The summed E-state index contributed by atoms with van der Waals surface area (Å²) in [6, 6.07) is 17.1. The molecule has 1 N–H and O–H groups in total. The predicted molar refractivity (Wildman–Crippen MR) is 137 cm³/mol. The molecular formula is C28H26ClN3O2. The standard InChI is InChI=1S/C28H26ClN3O2/c1-19-7-5-14-28(2,18-19)27(34)30-23-12-11-20(17-22(23)29)26(33)32-16-13-21-8-6-15-31(21)24-9-3-4-10-25(24)32/h3-12,15,17-18H,13-14,16H2,1-2H3,(H,30,34). The van der Waals surface area contributed by atoms with Gasteiger partial charge < -0.3 is 14.8 Å². The smallest absolute Gasteiger partial charge is 0.258 e. The molecule has 0 saturated carbocycles. The quantitative estimate of drug-likeness (QED) is 0.495. The molecule has 5 nitrogen and oxygen atoms in total. The topological polar surface area (TPSA) is 54.3 Å². The molecular weight excluding hydrogens is 446 g/mol. The first-order valence-electron chi connectivity index (χ1n) is 11.4. The summed E-state index contributed by atoms with van der Waals surface area (Å²) in [5.74, 6) is -0.249. The van der Waals surface area contributed by atoms with Crippen molar-refractivity contribution >= 4 is 34.8 Å². The van der Waals surface area contributed by atoms with E-state index in [0.717, 1.165) is 29.1 Å². The summed E-state index contributed by atoms with van der Waals surface area (Å²) in [5.41, 5.74) is 4.39. The van der Waals surface area contributed by atoms with E-state index in [0.29, 0.717) is 29.2 Å². The van der Waals surface area contributed by atoms with Crippen LogP contribution in [-0.4, -0.2) is 22.9 Å². The largest absolute Gasteiger partial charge is 0.324 e. The van der Waals surface area contributed by atoms with E-state index >= 15 is 0 Å². The van der Waals surface area contributed by atoms with Crippen LogP contribution in [0.3, 0.4) is 0 Å². The number of amides is 2. The fourth-order valence-electron chi connectivity index (χ4n) is 4.74. The van der Waals surface area contributed by atoms with Crippen LogP contribution in [0.2, 0.25) is 5.02 Å². The summed E-state index contributed by atoms with van der Waals surface area (Å²) in [5, 5.41) is 3.28. The Morgan fingerprint density at radius 2 is 1.85 bits per heavy atom. The number of carbonyl (C=O) groups is 2. The van der Waals surface area contributed by atoms with Crippen molar-refractivity contribution in [2.45, 2.75) is 26.7 Å². The molecule has 0 bridgehead atoms. The van der Waals surface area contributed by atoms with Crippen molar-refractivity contribution in [2.24, 2.45) is 5.41 Å². The Bertz CT molecular complexity index is 1350. The fourth-order valence-corrected chi connectivity index (χ4v) is 4.96. The molecule has 1 aliphatic carbocycles. The first-order valence-corrected chi connectivity index (χ1v) is 11.8. The summed E-state index contributed by atoms with van der Waals surface area (Å²) in [6.45, 7) is 4.45. The third kappa shape index (κ3) is 3.97. The maximum atomic E-state index is 13.6. The second-order valence-electron chi connectivity index (χ2n) is 9.13.